The predicted molar refractivity (Wildman–Crippen MR) is 66.0 cm³/mol. The Balaban J connectivity index is 3.01. The van der Waals surface area contributed by atoms with Crippen LogP contribution in [0.3, 0.4) is 0 Å². The molecule has 0 radical (unpaired) electrons. The quantitative estimate of drug-likeness (QED) is 0.377. The highest BCUT2D eigenvalue weighted by atomic mass is 79.9. The third kappa shape index (κ3) is 1.78. The van der Waals surface area contributed by atoms with Crippen LogP contribution in [0.1, 0.15) is 5.56 Å². The van der Waals surface area contributed by atoms with Gasteiger partial charge in [-0.05, 0) is 28.4 Å². The molecule has 2 N–H and O–H groups in total. The SMILES string of the molecule is Cc1cc(=O)oc2c(Br)c(N)c([N+](=O)[O-])cc12. The molecule has 6 nitrogen and oxygen atoms in total. The first-order chi connectivity index (χ1) is 7.91. The number of hydrogen-bond acceptors (Lipinski definition) is 5. The highest BCUT2D eigenvalue weighted by molar-refractivity contribution is 9.10. The van der Waals surface area contributed by atoms with Gasteiger partial charge < -0.3 is 10.2 Å². The van der Waals surface area contributed by atoms with E-state index in [2.05, 4.69) is 15.9 Å². The second-order valence-corrected chi connectivity index (χ2v) is 4.30. The molecule has 0 aliphatic carbocycles. The maximum Gasteiger partial charge on any atom is 0.336 e. The maximum atomic E-state index is 11.2. The number of hydrogen-bond donors (Lipinski definition) is 1. The number of fused-ring (bicyclic) bond motifs is 1. The zero-order valence-electron chi connectivity index (χ0n) is 8.69. The lowest BCUT2D eigenvalue weighted by atomic mass is 10.1. The highest BCUT2D eigenvalue weighted by Gasteiger charge is 2.20. The lowest BCUT2D eigenvalue weighted by Crippen LogP contribution is -2.02. The van der Waals surface area contributed by atoms with Gasteiger partial charge in [-0.3, -0.25) is 10.1 Å². The number of nitrogen functional groups attached to an aromatic ring is 1. The van der Waals surface area contributed by atoms with Crippen LogP contribution in [0, 0.1) is 17.0 Å². The van der Waals surface area contributed by atoms with Gasteiger partial charge in [-0.2, -0.15) is 0 Å². The largest absolute Gasteiger partial charge is 0.421 e. The first kappa shape index (κ1) is 11.6. The van der Waals surface area contributed by atoms with E-state index in [9.17, 15) is 14.9 Å². The second kappa shape index (κ2) is 3.85. The molecule has 0 saturated heterocycles. The normalized spacial score (nSPS) is 10.7. The van der Waals surface area contributed by atoms with Crippen molar-refractivity contribution in [3.63, 3.8) is 0 Å². The van der Waals surface area contributed by atoms with Crippen molar-refractivity contribution in [3.05, 3.63) is 42.7 Å². The number of aryl methyl sites for hydroxylation is 1. The van der Waals surface area contributed by atoms with Gasteiger partial charge in [0.05, 0.1) is 9.40 Å². The fourth-order valence-electron chi connectivity index (χ4n) is 1.56. The van der Waals surface area contributed by atoms with E-state index in [-0.39, 0.29) is 21.4 Å². The summed E-state index contributed by atoms with van der Waals surface area (Å²) in [6, 6.07) is 2.57. The third-order valence-corrected chi connectivity index (χ3v) is 3.18. The van der Waals surface area contributed by atoms with Crippen LogP contribution in [-0.4, -0.2) is 4.92 Å². The minimum absolute atomic E-state index is 0.0590. The standard InChI is InChI=1S/C10H7BrN2O4/c1-4-2-7(14)17-10-5(4)3-6(13(15)16)9(12)8(10)11/h2-3H,12H2,1H3. The second-order valence-electron chi connectivity index (χ2n) is 3.51. The summed E-state index contributed by atoms with van der Waals surface area (Å²) in [6.07, 6.45) is 0. The molecule has 0 saturated carbocycles. The number of anilines is 1. The Bertz CT molecular complexity index is 693. The average molecular weight is 299 g/mol. The minimum Gasteiger partial charge on any atom is -0.421 e. The van der Waals surface area contributed by atoms with Gasteiger partial charge >= 0.3 is 5.63 Å². The van der Waals surface area contributed by atoms with Gasteiger partial charge in [0.15, 0.2) is 5.58 Å². The molecule has 0 spiro atoms. The van der Waals surface area contributed by atoms with Gasteiger partial charge in [0.25, 0.3) is 5.69 Å². The molecule has 0 aliphatic heterocycles. The van der Waals surface area contributed by atoms with Gasteiger partial charge in [0.2, 0.25) is 0 Å². The Kier molecular flexibility index (Phi) is 2.62. The summed E-state index contributed by atoms with van der Waals surface area (Å²) in [7, 11) is 0. The number of nitro benzene ring substituents is 1. The van der Waals surface area contributed by atoms with Crippen molar-refractivity contribution in [2.24, 2.45) is 0 Å². The molecule has 88 valence electrons. The average Bonchev–Trinajstić information content (AvgIpc) is 2.23. The van der Waals surface area contributed by atoms with Gasteiger partial charge in [-0.15, -0.1) is 0 Å². The van der Waals surface area contributed by atoms with E-state index in [0.29, 0.717) is 10.9 Å². The Hall–Kier alpha value is -1.89. The summed E-state index contributed by atoms with van der Waals surface area (Å²) in [5, 5.41) is 11.3. The van der Waals surface area contributed by atoms with Crippen LogP contribution in [0.2, 0.25) is 0 Å². The molecule has 0 atom stereocenters. The van der Waals surface area contributed by atoms with Crippen molar-refractivity contribution < 1.29 is 9.34 Å². The van der Waals surface area contributed by atoms with Crippen molar-refractivity contribution in [1.82, 2.24) is 0 Å². The molecule has 1 heterocycles. The lowest BCUT2D eigenvalue weighted by molar-refractivity contribution is -0.383. The fourth-order valence-corrected chi connectivity index (χ4v) is 2.06. The third-order valence-electron chi connectivity index (χ3n) is 2.40. The van der Waals surface area contributed by atoms with Crippen LogP contribution in [0.4, 0.5) is 11.4 Å². The number of nitrogens with two attached hydrogens (primary N) is 1. The molecular formula is C10H7BrN2O4. The molecule has 0 fully saturated rings. The maximum absolute atomic E-state index is 11.2. The van der Waals surface area contributed by atoms with Crippen molar-refractivity contribution in [2.75, 3.05) is 5.73 Å². The van der Waals surface area contributed by atoms with Crippen LogP contribution in [0.25, 0.3) is 11.0 Å². The van der Waals surface area contributed by atoms with E-state index in [1.807, 2.05) is 0 Å². The summed E-state index contributed by atoms with van der Waals surface area (Å²) in [5.74, 6) is 0. The molecule has 7 heteroatoms. The fraction of sp³-hybridized carbons (Fsp3) is 0.100. The number of benzene rings is 1. The summed E-state index contributed by atoms with van der Waals surface area (Å²) in [4.78, 5) is 21.5. The van der Waals surface area contributed by atoms with E-state index in [0.717, 1.165) is 0 Å². The molecule has 0 bridgehead atoms. The van der Waals surface area contributed by atoms with Crippen molar-refractivity contribution >= 4 is 38.3 Å². The zero-order valence-corrected chi connectivity index (χ0v) is 10.3. The summed E-state index contributed by atoms with van der Waals surface area (Å²) in [5.41, 5.74) is 5.61. The molecule has 2 aromatic rings. The smallest absolute Gasteiger partial charge is 0.336 e. The summed E-state index contributed by atoms with van der Waals surface area (Å²) >= 11 is 3.11. The Labute approximate surface area is 103 Å². The molecule has 0 amide bonds. The number of rotatable bonds is 1. The molecule has 1 aromatic heterocycles. The van der Waals surface area contributed by atoms with Crippen LogP contribution in [0.15, 0.2) is 25.8 Å². The van der Waals surface area contributed by atoms with E-state index in [1.165, 1.54) is 12.1 Å². The van der Waals surface area contributed by atoms with Gasteiger partial charge in [0.1, 0.15) is 5.69 Å². The summed E-state index contributed by atoms with van der Waals surface area (Å²) in [6.45, 7) is 1.67. The molecule has 2 rings (SSSR count). The van der Waals surface area contributed by atoms with Crippen LogP contribution >= 0.6 is 15.9 Å². The van der Waals surface area contributed by atoms with E-state index in [4.69, 9.17) is 10.2 Å². The first-order valence-corrected chi connectivity index (χ1v) is 5.38. The predicted octanol–water partition coefficient (Wildman–Crippen LogP) is 2.35. The molecule has 1 aromatic carbocycles. The Morgan fingerprint density at radius 1 is 1.47 bits per heavy atom. The van der Waals surface area contributed by atoms with E-state index < -0.39 is 10.5 Å². The van der Waals surface area contributed by atoms with Crippen LogP contribution in [-0.2, 0) is 0 Å². The molecular weight excluding hydrogens is 292 g/mol. The first-order valence-electron chi connectivity index (χ1n) is 4.58. The number of nitrogens with zero attached hydrogens (tertiary/aromatic N) is 1. The number of nitro groups is 1. The molecule has 0 aliphatic rings. The van der Waals surface area contributed by atoms with Crippen molar-refractivity contribution in [3.8, 4) is 0 Å². The van der Waals surface area contributed by atoms with Gasteiger partial charge in [-0.25, -0.2) is 4.79 Å². The summed E-state index contributed by atoms with van der Waals surface area (Å²) < 4.78 is 5.21. The van der Waals surface area contributed by atoms with Gasteiger partial charge in [0, 0.05) is 17.5 Å². The zero-order chi connectivity index (χ0) is 12.7. The van der Waals surface area contributed by atoms with Crippen molar-refractivity contribution in [2.45, 2.75) is 6.92 Å². The topological polar surface area (TPSA) is 99.4 Å². The minimum atomic E-state index is -0.579. The molecule has 17 heavy (non-hydrogen) atoms. The van der Waals surface area contributed by atoms with Gasteiger partial charge in [-0.1, -0.05) is 0 Å². The van der Waals surface area contributed by atoms with E-state index >= 15 is 0 Å². The number of halogens is 1. The van der Waals surface area contributed by atoms with Crippen LogP contribution < -0.4 is 11.4 Å². The van der Waals surface area contributed by atoms with Crippen LogP contribution in [0.5, 0.6) is 0 Å². The van der Waals surface area contributed by atoms with Crippen molar-refractivity contribution in [1.29, 1.82) is 0 Å². The van der Waals surface area contributed by atoms with E-state index in [1.54, 1.807) is 6.92 Å². The monoisotopic (exact) mass is 298 g/mol. The highest BCUT2D eigenvalue weighted by Crippen LogP contribution is 2.37. The lowest BCUT2D eigenvalue weighted by Gasteiger charge is -2.05. The Morgan fingerprint density at radius 3 is 2.71 bits per heavy atom. The molecule has 0 unspecified atom stereocenters. The Morgan fingerprint density at radius 2 is 2.12 bits per heavy atom.